The number of pyridine rings is 2. The average molecular weight is 553 g/mol. The fourth-order valence-electron chi connectivity index (χ4n) is 8.32. The van der Waals surface area contributed by atoms with Crippen molar-refractivity contribution in [3.05, 3.63) is 46.4 Å². The first-order chi connectivity index (χ1) is 19.5. The first-order valence-corrected chi connectivity index (χ1v) is 15.0. The summed E-state index contributed by atoms with van der Waals surface area (Å²) in [5.41, 5.74) is 4.31. The van der Waals surface area contributed by atoms with E-state index in [1.165, 1.54) is 11.1 Å². The molecular weight excluding hydrogens is 514 g/mol. The number of ether oxygens (including phenoxy) is 2. The van der Waals surface area contributed by atoms with E-state index < -0.39 is 17.6 Å². The first kappa shape index (κ1) is 25.3. The van der Waals surface area contributed by atoms with E-state index in [9.17, 15) is 8.78 Å². The van der Waals surface area contributed by atoms with Crippen molar-refractivity contribution in [1.82, 2.24) is 20.2 Å². The number of hydrogen-bond donors (Lipinski definition) is 1. The lowest BCUT2D eigenvalue weighted by Crippen LogP contribution is -2.69. The molecule has 8 heterocycles. The number of halogens is 2. The van der Waals surface area contributed by atoms with Gasteiger partial charge in [-0.3, -0.25) is 9.88 Å². The van der Waals surface area contributed by atoms with Crippen molar-refractivity contribution in [1.29, 1.82) is 0 Å². The molecule has 0 aliphatic carbocycles. The van der Waals surface area contributed by atoms with Crippen LogP contribution in [0.25, 0.3) is 0 Å². The normalized spacial score (nSPS) is 28.6. The number of fused-ring (bicyclic) bond motifs is 6. The molecule has 6 aliphatic rings. The zero-order valence-corrected chi connectivity index (χ0v) is 23.2. The monoisotopic (exact) mass is 552 g/mol. The standard InChI is InChI=1S/C30H38F2N6O2/c1-19-5-8-34-27-25(19)29(40-30(27)17-39-18-30)6-11-37(12-7-29)24-15-22-20(26(35-24)28(31)32)3-2-4-21-23(16-38(21)22)36-13-9-33-10-14-36/h5,8,15,21,23,28,33H,2-4,6-7,9-14,16-18H2,1H3. The Kier molecular flexibility index (Phi) is 5.89. The van der Waals surface area contributed by atoms with Crippen molar-refractivity contribution in [3.63, 3.8) is 0 Å². The van der Waals surface area contributed by atoms with Crippen LogP contribution in [0.2, 0.25) is 0 Å². The molecule has 40 heavy (non-hydrogen) atoms. The van der Waals surface area contributed by atoms with Crippen molar-refractivity contribution >= 4 is 11.5 Å². The lowest BCUT2D eigenvalue weighted by Gasteiger charge is -2.54. The molecule has 8 rings (SSSR count). The van der Waals surface area contributed by atoms with Gasteiger partial charge in [0, 0.05) is 87.0 Å². The molecule has 4 fully saturated rings. The third-order valence-electron chi connectivity index (χ3n) is 10.4. The molecule has 6 aliphatic heterocycles. The Balaban J connectivity index is 1.08. The van der Waals surface area contributed by atoms with Crippen molar-refractivity contribution in [3.8, 4) is 0 Å². The second kappa shape index (κ2) is 9.31. The van der Waals surface area contributed by atoms with Gasteiger partial charge < -0.3 is 24.6 Å². The Morgan fingerprint density at radius 2 is 1.88 bits per heavy atom. The minimum atomic E-state index is -2.58. The molecule has 10 heteroatoms. The number of nitrogens with one attached hydrogen (secondary N) is 1. The quantitative estimate of drug-likeness (QED) is 0.623. The number of anilines is 2. The molecule has 2 aromatic heterocycles. The van der Waals surface area contributed by atoms with Gasteiger partial charge in [0.05, 0.1) is 18.9 Å². The van der Waals surface area contributed by atoms with E-state index in [2.05, 4.69) is 44.1 Å². The second-order valence-corrected chi connectivity index (χ2v) is 12.6. The van der Waals surface area contributed by atoms with Crippen LogP contribution in [-0.4, -0.2) is 86.0 Å². The van der Waals surface area contributed by atoms with Gasteiger partial charge in [0.1, 0.15) is 17.1 Å². The summed E-state index contributed by atoms with van der Waals surface area (Å²) in [5.74, 6) is 0.679. The molecule has 0 amide bonds. The van der Waals surface area contributed by atoms with Crippen molar-refractivity contribution in [2.45, 2.75) is 68.7 Å². The molecule has 0 aromatic carbocycles. The average Bonchev–Trinajstić information content (AvgIpc) is 3.15. The van der Waals surface area contributed by atoms with E-state index in [-0.39, 0.29) is 5.69 Å². The number of piperidine rings is 1. The van der Waals surface area contributed by atoms with Crippen molar-refractivity contribution in [2.24, 2.45) is 0 Å². The van der Waals surface area contributed by atoms with E-state index in [4.69, 9.17) is 14.5 Å². The first-order valence-electron chi connectivity index (χ1n) is 15.0. The lowest BCUT2D eigenvalue weighted by atomic mass is 9.81. The highest BCUT2D eigenvalue weighted by atomic mass is 19.3. The molecule has 2 aromatic rings. The topological polar surface area (TPSA) is 66.0 Å². The van der Waals surface area contributed by atoms with Gasteiger partial charge in [-0.2, -0.15) is 0 Å². The van der Waals surface area contributed by atoms with E-state index in [1.807, 2.05) is 6.20 Å². The highest BCUT2D eigenvalue weighted by molar-refractivity contribution is 5.66. The SMILES string of the molecule is Cc1ccnc2c1C1(CCN(c3cc4c(c(C(F)F)n3)CCCC3C(N5CCNCC5)CN43)CC1)OC21COC1. The third kappa shape index (κ3) is 3.68. The summed E-state index contributed by atoms with van der Waals surface area (Å²) in [6, 6.07) is 5.08. The molecule has 2 unspecified atom stereocenters. The van der Waals surface area contributed by atoms with E-state index in [0.717, 1.165) is 75.4 Å². The molecule has 4 saturated heterocycles. The van der Waals surface area contributed by atoms with Crippen LogP contribution in [0.1, 0.15) is 60.2 Å². The largest absolute Gasteiger partial charge is 0.374 e. The Hall–Kier alpha value is -2.40. The highest BCUT2D eigenvalue weighted by Crippen LogP contribution is 2.55. The number of aromatic nitrogens is 2. The maximum Gasteiger partial charge on any atom is 0.280 e. The molecule has 0 radical (unpaired) electrons. The Labute approximate surface area is 234 Å². The fourth-order valence-corrected chi connectivity index (χ4v) is 8.32. The van der Waals surface area contributed by atoms with Crippen LogP contribution < -0.4 is 15.1 Å². The number of piperazine rings is 1. The maximum atomic E-state index is 14.5. The molecule has 8 nitrogen and oxygen atoms in total. The smallest absolute Gasteiger partial charge is 0.280 e. The van der Waals surface area contributed by atoms with Gasteiger partial charge >= 0.3 is 0 Å². The summed E-state index contributed by atoms with van der Waals surface area (Å²) in [4.78, 5) is 16.6. The van der Waals surface area contributed by atoms with Crippen LogP contribution in [0.15, 0.2) is 18.3 Å². The Morgan fingerprint density at radius 3 is 2.60 bits per heavy atom. The Bertz CT molecular complexity index is 1310. The van der Waals surface area contributed by atoms with Gasteiger partial charge in [-0.15, -0.1) is 0 Å². The van der Waals surface area contributed by atoms with Crippen LogP contribution in [0.5, 0.6) is 0 Å². The van der Waals surface area contributed by atoms with E-state index in [0.29, 0.717) is 50.6 Å². The van der Waals surface area contributed by atoms with Gasteiger partial charge in [-0.25, -0.2) is 13.8 Å². The summed E-state index contributed by atoms with van der Waals surface area (Å²) in [6.07, 6.45) is 3.48. The maximum absolute atomic E-state index is 14.5. The number of nitrogens with zero attached hydrogens (tertiary/aromatic N) is 5. The second-order valence-electron chi connectivity index (χ2n) is 12.6. The molecule has 2 atom stereocenters. The zero-order chi connectivity index (χ0) is 27.1. The summed E-state index contributed by atoms with van der Waals surface area (Å²) in [7, 11) is 0. The van der Waals surface area contributed by atoms with Gasteiger partial charge in [-0.05, 0) is 50.7 Å². The predicted molar refractivity (Wildman–Crippen MR) is 147 cm³/mol. The number of aryl methyl sites for hydroxylation is 1. The van der Waals surface area contributed by atoms with Crippen molar-refractivity contribution < 1.29 is 18.3 Å². The molecular formula is C30H38F2N6O2. The minimum Gasteiger partial charge on any atom is -0.374 e. The number of alkyl halides is 2. The Morgan fingerprint density at radius 1 is 1.07 bits per heavy atom. The van der Waals surface area contributed by atoms with Crippen LogP contribution in [-0.2, 0) is 27.1 Å². The third-order valence-corrected chi connectivity index (χ3v) is 10.4. The van der Waals surface area contributed by atoms with Crippen LogP contribution >= 0.6 is 0 Å². The van der Waals surface area contributed by atoms with Crippen molar-refractivity contribution in [2.75, 3.05) is 68.8 Å². The molecule has 0 bridgehead atoms. The van der Waals surface area contributed by atoms with E-state index in [1.54, 1.807) is 0 Å². The highest BCUT2D eigenvalue weighted by Gasteiger charge is 2.59. The molecule has 1 N–H and O–H groups in total. The lowest BCUT2D eigenvalue weighted by molar-refractivity contribution is -0.260. The summed E-state index contributed by atoms with van der Waals surface area (Å²) >= 11 is 0. The van der Waals surface area contributed by atoms with E-state index >= 15 is 0 Å². The fraction of sp³-hybridized carbons (Fsp3) is 0.667. The van der Waals surface area contributed by atoms with Gasteiger partial charge in [0.2, 0.25) is 0 Å². The molecule has 0 saturated carbocycles. The summed E-state index contributed by atoms with van der Waals surface area (Å²) < 4.78 is 41.4. The predicted octanol–water partition coefficient (Wildman–Crippen LogP) is 3.27. The van der Waals surface area contributed by atoms with Crippen LogP contribution in [0.4, 0.5) is 20.3 Å². The van der Waals surface area contributed by atoms with Crippen LogP contribution in [0, 0.1) is 6.92 Å². The zero-order valence-electron chi connectivity index (χ0n) is 23.2. The van der Waals surface area contributed by atoms with Gasteiger partial charge in [0.25, 0.3) is 6.43 Å². The summed E-state index contributed by atoms with van der Waals surface area (Å²) in [5, 5.41) is 3.45. The minimum absolute atomic E-state index is 0.0212. The van der Waals surface area contributed by atoms with Gasteiger partial charge in [-0.1, -0.05) is 0 Å². The number of rotatable bonds is 3. The molecule has 214 valence electrons. The van der Waals surface area contributed by atoms with Crippen LogP contribution in [0.3, 0.4) is 0 Å². The number of hydrogen-bond acceptors (Lipinski definition) is 8. The molecule has 2 spiro atoms. The van der Waals surface area contributed by atoms with Gasteiger partial charge in [0.15, 0.2) is 5.60 Å². The summed E-state index contributed by atoms with van der Waals surface area (Å²) in [6.45, 7) is 9.71.